The second kappa shape index (κ2) is 8.77. The molecule has 1 N–H and O–H groups in total. The first kappa shape index (κ1) is 23.2. The van der Waals surface area contributed by atoms with Crippen molar-refractivity contribution in [3.63, 3.8) is 0 Å². The second-order valence-corrected chi connectivity index (χ2v) is 11.5. The van der Waals surface area contributed by atoms with Crippen molar-refractivity contribution in [2.75, 3.05) is 11.0 Å². The quantitative estimate of drug-likeness (QED) is 0.535. The van der Waals surface area contributed by atoms with Crippen molar-refractivity contribution in [1.82, 2.24) is 4.41 Å². The maximum atomic E-state index is 14.7. The Hall–Kier alpha value is -2.95. The fourth-order valence-electron chi connectivity index (χ4n) is 3.55. The molecule has 0 aromatic heterocycles. The summed E-state index contributed by atoms with van der Waals surface area (Å²) < 4.78 is 68.0. The number of hydrogen-bond donors (Lipinski definition) is 1. The van der Waals surface area contributed by atoms with Crippen molar-refractivity contribution >= 4 is 43.0 Å². The van der Waals surface area contributed by atoms with E-state index in [1.807, 2.05) is 0 Å². The Morgan fingerprint density at radius 2 is 1.70 bits per heavy atom. The molecule has 7 nitrogen and oxygen atoms in total. The van der Waals surface area contributed by atoms with Crippen molar-refractivity contribution in [2.45, 2.75) is 17.4 Å². The molecule has 0 radical (unpaired) electrons. The van der Waals surface area contributed by atoms with Gasteiger partial charge in [-0.05, 0) is 48.0 Å². The molecule has 1 atom stereocenters. The maximum absolute atomic E-state index is 14.7. The summed E-state index contributed by atoms with van der Waals surface area (Å²) >= 11 is 5.90. The van der Waals surface area contributed by atoms with E-state index in [2.05, 4.69) is 9.82 Å². The topological polar surface area (TPSA) is 95.9 Å². The molecule has 0 spiro atoms. The predicted molar refractivity (Wildman–Crippen MR) is 126 cm³/mol. The number of hydrazone groups is 1. The van der Waals surface area contributed by atoms with Crippen LogP contribution in [0.15, 0.2) is 82.8 Å². The normalized spacial score (nSPS) is 16.5. The maximum Gasteiger partial charge on any atom is 0.279 e. The highest BCUT2D eigenvalue weighted by atomic mass is 35.5. The lowest BCUT2D eigenvalue weighted by atomic mass is 9.98. The molecule has 0 amide bonds. The average Bonchev–Trinajstić information content (AvgIpc) is 3.20. The summed E-state index contributed by atoms with van der Waals surface area (Å²) in [5.41, 5.74) is 1.37. The third-order valence-electron chi connectivity index (χ3n) is 4.99. The lowest BCUT2D eigenvalue weighted by Crippen LogP contribution is -2.27. The summed E-state index contributed by atoms with van der Waals surface area (Å²) in [5.74, 6) is -0.553. The fourth-order valence-corrected chi connectivity index (χ4v) is 5.66. The molecule has 33 heavy (non-hydrogen) atoms. The molecule has 3 aromatic carbocycles. The minimum absolute atomic E-state index is 0.0364. The zero-order valence-corrected chi connectivity index (χ0v) is 19.7. The molecule has 11 heteroatoms. The van der Waals surface area contributed by atoms with E-state index in [4.69, 9.17) is 11.6 Å². The summed E-state index contributed by atoms with van der Waals surface area (Å²) in [6.45, 7) is 0. The third kappa shape index (κ3) is 5.02. The Morgan fingerprint density at radius 1 is 1.00 bits per heavy atom. The lowest BCUT2D eigenvalue weighted by Gasteiger charge is -2.23. The highest BCUT2D eigenvalue weighted by Crippen LogP contribution is 2.38. The van der Waals surface area contributed by atoms with Crippen LogP contribution in [-0.4, -0.2) is 33.2 Å². The van der Waals surface area contributed by atoms with Crippen LogP contribution < -0.4 is 4.72 Å². The van der Waals surface area contributed by atoms with Gasteiger partial charge >= 0.3 is 0 Å². The number of anilines is 1. The van der Waals surface area contributed by atoms with Gasteiger partial charge in [-0.3, -0.25) is 4.72 Å². The van der Waals surface area contributed by atoms with Crippen LogP contribution in [0.2, 0.25) is 5.02 Å². The van der Waals surface area contributed by atoms with Crippen molar-refractivity contribution in [3.8, 4) is 0 Å². The number of benzene rings is 3. The van der Waals surface area contributed by atoms with Crippen LogP contribution in [-0.2, 0) is 20.0 Å². The van der Waals surface area contributed by atoms with Crippen LogP contribution in [0, 0.1) is 5.82 Å². The van der Waals surface area contributed by atoms with Crippen molar-refractivity contribution in [1.29, 1.82) is 0 Å². The molecule has 3 aromatic rings. The van der Waals surface area contributed by atoms with E-state index >= 15 is 0 Å². The molecule has 1 heterocycles. The third-order valence-corrected chi connectivity index (χ3v) is 7.55. The second-order valence-electron chi connectivity index (χ2n) is 7.47. The molecule has 172 valence electrons. The van der Waals surface area contributed by atoms with Gasteiger partial charge < -0.3 is 0 Å². The van der Waals surface area contributed by atoms with Gasteiger partial charge in [0.2, 0.25) is 10.0 Å². The number of sulfonamides is 2. The van der Waals surface area contributed by atoms with E-state index in [1.54, 1.807) is 30.3 Å². The molecule has 0 aliphatic carbocycles. The molecular weight excluding hydrogens is 489 g/mol. The predicted octanol–water partition coefficient (Wildman–Crippen LogP) is 4.39. The van der Waals surface area contributed by atoms with Crippen molar-refractivity contribution in [2.24, 2.45) is 5.10 Å². The highest BCUT2D eigenvalue weighted by Gasteiger charge is 2.39. The number of nitrogens with one attached hydrogen (secondary N) is 1. The standard InChI is InChI=1S/C22H19ClFN3O4S2/c1-32(28,29)26-17-6-4-5-15(13-17)21-14-22(19-7-2-3-8-20(19)24)27(25-21)33(30,31)18-11-9-16(23)10-12-18/h2-13,22,26H,14H2,1H3. The van der Waals surface area contributed by atoms with E-state index in [9.17, 15) is 21.2 Å². The van der Waals surface area contributed by atoms with Crippen molar-refractivity contribution in [3.05, 3.63) is 94.8 Å². The molecule has 4 rings (SSSR count). The number of rotatable bonds is 6. The molecule has 1 unspecified atom stereocenters. The van der Waals surface area contributed by atoms with Gasteiger partial charge in [-0.25, -0.2) is 12.8 Å². The van der Waals surface area contributed by atoms with Gasteiger partial charge in [0.1, 0.15) is 5.82 Å². The van der Waals surface area contributed by atoms with Crippen LogP contribution in [0.3, 0.4) is 0 Å². The Bertz CT molecular complexity index is 1440. The molecule has 0 saturated heterocycles. The minimum Gasteiger partial charge on any atom is -0.284 e. The zero-order chi connectivity index (χ0) is 23.8. The minimum atomic E-state index is -4.14. The molecule has 0 bridgehead atoms. The molecule has 1 aliphatic rings. The smallest absolute Gasteiger partial charge is 0.279 e. The fraction of sp³-hybridized carbons (Fsp3) is 0.136. The Balaban J connectivity index is 1.80. The van der Waals surface area contributed by atoms with Crippen LogP contribution in [0.25, 0.3) is 0 Å². The van der Waals surface area contributed by atoms with Crippen LogP contribution >= 0.6 is 11.6 Å². The average molecular weight is 508 g/mol. The van der Waals surface area contributed by atoms with E-state index in [-0.39, 0.29) is 16.9 Å². The summed E-state index contributed by atoms with van der Waals surface area (Å²) in [7, 11) is -7.65. The van der Waals surface area contributed by atoms with Crippen molar-refractivity contribution < 1.29 is 21.2 Å². The molecule has 1 aliphatic heterocycles. The first-order chi connectivity index (χ1) is 15.5. The Morgan fingerprint density at radius 3 is 2.36 bits per heavy atom. The van der Waals surface area contributed by atoms with Crippen LogP contribution in [0.1, 0.15) is 23.6 Å². The molecular formula is C22H19ClFN3O4S2. The monoisotopic (exact) mass is 507 g/mol. The molecule has 0 saturated carbocycles. The Labute approximate surface area is 196 Å². The number of halogens is 2. The largest absolute Gasteiger partial charge is 0.284 e. The van der Waals surface area contributed by atoms with E-state index in [0.29, 0.717) is 22.0 Å². The summed E-state index contributed by atoms with van der Waals surface area (Å²) in [4.78, 5) is -0.0364. The van der Waals surface area contributed by atoms with Gasteiger partial charge in [0, 0.05) is 22.7 Å². The SMILES string of the molecule is CS(=O)(=O)Nc1cccc(C2=NN(S(=O)(=O)c3ccc(Cl)cc3)C(c3ccccc3F)C2)c1. The van der Waals surface area contributed by atoms with E-state index < -0.39 is 31.9 Å². The van der Waals surface area contributed by atoms with E-state index in [0.717, 1.165) is 10.7 Å². The highest BCUT2D eigenvalue weighted by molar-refractivity contribution is 7.92. The van der Waals surface area contributed by atoms with Gasteiger partial charge in [0.25, 0.3) is 10.0 Å². The Kier molecular flexibility index (Phi) is 6.17. The van der Waals surface area contributed by atoms with E-state index in [1.165, 1.54) is 42.5 Å². The number of nitrogens with zero attached hydrogens (tertiary/aromatic N) is 2. The first-order valence-electron chi connectivity index (χ1n) is 9.75. The van der Waals surface area contributed by atoms with Gasteiger partial charge in [-0.15, -0.1) is 0 Å². The van der Waals surface area contributed by atoms with Gasteiger partial charge in [-0.2, -0.15) is 17.9 Å². The number of hydrogen-bond acceptors (Lipinski definition) is 5. The van der Waals surface area contributed by atoms with Gasteiger partial charge in [0.15, 0.2) is 0 Å². The zero-order valence-electron chi connectivity index (χ0n) is 17.3. The summed E-state index contributed by atoms with van der Waals surface area (Å²) in [6.07, 6.45) is 1.12. The summed E-state index contributed by atoms with van der Waals surface area (Å²) in [6, 6.07) is 17.1. The first-order valence-corrected chi connectivity index (χ1v) is 13.5. The van der Waals surface area contributed by atoms with Gasteiger partial charge in [0.05, 0.1) is 22.9 Å². The van der Waals surface area contributed by atoms with Gasteiger partial charge in [-0.1, -0.05) is 41.9 Å². The lowest BCUT2D eigenvalue weighted by molar-refractivity contribution is 0.362. The van der Waals surface area contributed by atoms with Crippen LogP contribution in [0.5, 0.6) is 0 Å². The summed E-state index contributed by atoms with van der Waals surface area (Å²) in [5, 5.41) is 4.73. The molecule has 0 fully saturated rings. The van der Waals surface area contributed by atoms with Crippen LogP contribution in [0.4, 0.5) is 10.1 Å².